The van der Waals surface area contributed by atoms with E-state index in [0.29, 0.717) is 0 Å². The van der Waals surface area contributed by atoms with Gasteiger partial charge in [0.2, 0.25) is 35.4 Å². The van der Waals surface area contributed by atoms with Crippen LogP contribution in [0.25, 0.3) is 0 Å². The molecule has 3 heterocycles. The number of fused-ring (bicyclic) bond motifs is 2. The summed E-state index contributed by atoms with van der Waals surface area (Å²) in [5, 5.41) is 97.0. The van der Waals surface area contributed by atoms with Crippen LogP contribution in [0.3, 0.4) is 0 Å². The first-order valence-electron chi connectivity index (χ1n) is 24.7. The van der Waals surface area contributed by atoms with Crippen LogP contribution in [-0.4, -0.2) is 242 Å². The van der Waals surface area contributed by atoms with Crippen LogP contribution in [-0.2, 0) is 44.7 Å². The summed E-state index contributed by atoms with van der Waals surface area (Å²) in [6.45, 7) is 5.24. The molecule has 0 radical (unpaired) electrons. The molecule has 1 aromatic rings. The van der Waals surface area contributed by atoms with Crippen LogP contribution in [0, 0.1) is 5.92 Å². The molecule has 0 aliphatic carbocycles. The molecular weight excluding hydrogens is 1060 g/mol. The van der Waals surface area contributed by atoms with Crippen LogP contribution >= 0.6 is 11.2 Å². The Bertz CT molecular complexity index is 2310. The number of carbonyl (C=O) groups is 8. The summed E-state index contributed by atoms with van der Waals surface area (Å²) in [5.41, 5.74) is 5.96. The van der Waals surface area contributed by atoms with Gasteiger partial charge < -0.3 is 96.2 Å². The van der Waals surface area contributed by atoms with Crippen LogP contribution in [0.2, 0.25) is 0 Å². The summed E-state index contributed by atoms with van der Waals surface area (Å²) in [5.74, 6) is -10.3. The molecule has 0 bridgehead atoms. The first-order chi connectivity index (χ1) is 36.7. The lowest BCUT2D eigenvalue weighted by Gasteiger charge is -2.35. The Morgan fingerprint density at radius 1 is 0.833 bits per heavy atom. The number of aliphatic hydroxyl groups is 8. The minimum absolute atomic E-state index is 0.101. The van der Waals surface area contributed by atoms with E-state index >= 15 is 0 Å². The van der Waals surface area contributed by atoms with Gasteiger partial charge in [-0.05, 0) is 43.9 Å². The molecule has 0 saturated carbocycles. The zero-order chi connectivity index (χ0) is 58.3. The van der Waals surface area contributed by atoms with Crippen molar-refractivity contribution < 1.29 is 107 Å². The number of rotatable bonds is 19. The number of allylic oxidation sites excluding steroid dienone is 1. The van der Waals surface area contributed by atoms with Gasteiger partial charge in [0, 0.05) is 51.4 Å². The summed E-state index contributed by atoms with van der Waals surface area (Å²) in [7, 11) is 0. The van der Waals surface area contributed by atoms with Crippen molar-refractivity contribution >= 4 is 58.7 Å². The molecule has 3 fully saturated rings. The maximum absolute atomic E-state index is 14.9. The van der Waals surface area contributed by atoms with Crippen LogP contribution in [0.1, 0.15) is 51.5 Å². The topological polar surface area (TPSA) is 471 Å². The zero-order valence-corrected chi connectivity index (χ0v) is 43.6. The molecule has 7 amide bonds. The third-order valence-electron chi connectivity index (χ3n) is 13.0. The fourth-order valence-corrected chi connectivity index (χ4v) is 9.22. The Kier molecular flexibility index (Phi) is 24.2. The van der Waals surface area contributed by atoms with Crippen molar-refractivity contribution in [2.75, 3.05) is 46.0 Å². The molecule has 78 heavy (non-hydrogen) atoms. The molecule has 13 atom stereocenters. The van der Waals surface area contributed by atoms with Gasteiger partial charge in [0.25, 0.3) is 11.2 Å². The first-order valence-corrected chi connectivity index (χ1v) is 26.1. The highest BCUT2D eigenvalue weighted by Gasteiger charge is 2.50. The minimum atomic E-state index is -4.83. The molecule has 1 aromatic carbocycles. The smallest absolute Gasteiger partial charge is 0.410 e. The van der Waals surface area contributed by atoms with Gasteiger partial charge in [0.15, 0.2) is 11.5 Å². The van der Waals surface area contributed by atoms with Crippen molar-refractivity contribution in [1.29, 1.82) is 0 Å². The highest BCUT2D eigenvalue weighted by Crippen LogP contribution is 2.41. The predicted octanol–water partition coefficient (Wildman–Crippen LogP) is -5.08. The van der Waals surface area contributed by atoms with Crippen LogP contribution < -0.4 is 35.9 Å². The van der Waals surface area contributed by atoms with Crippen molar-refractivity contribution in [3.05, 3.63) is 49.1 Å². The van der Waals surface area contributed by atoms with E-state index in [4.69, 9.17) is 19.4 Å². The van der Waals surface area contributed by atoms with E-state index in [2.05, 4.69) is 34.4 Å². The second kappa shape index (κ2) is 29.2. The second-order valence-corrected chi connectivity index (χ2v) is 20.2. The highest BCUT2D eigenvalue weighted by molar-refractivity contribution is 8.15. The number of nitrogens with zero attached hydrogens (tertiary/aromatic N) is 3. The zero-order valence-electron chi connectivity index (χ0n) is 42.8. The first kappa shape index (κ1) is 64.5. The summed E-state index contributed by atoms with van der Waals surface area (Å²) in [6, 6.07) is -9.72. The largest absolute Gasteiger partial charge is 0.445 e. The standard InChI is InChI=1S/C47H72N8O22S/c1-5-7-8-35(63)76-33-10-9-25(15-34(33)77-78(72,73)74)14-32(62)37-43(67)52-38(31(61)11-12-53(26(21-56)22-57)47(71)75-13-6-2)46(70)55-19-23(3)40(64)39(55)44(68)49-18-27(59)16-29(48)41(65)50-36(24(4)58)45(69)54-20-28(60)17-30(54)42(66)51-37/h5-6,9-10,15,23-24,26-32,36-40,56-62,64,72-74H,1-2,7-8,11-14,16-22,48H2,3-4H3,(H,49,68)(H,50,65)(H,51,66)(H,52,67)/t23-,24+,27+,28+,29-,30-,31+,32+,36-,37-,38-,39-,40-/m0/s1. The number of hydrogen-bond donors (Lipinski definition) is 16. The van der Waals surface area contributed by atoms with Gasteiger partial charge in [-0.25, -0.2) is 4.79 Å². The Balaban J connectivity index is 1.90. The van der Waals surface area contributed by atoms with E-state index in [1.807, 2.05) is 0 Å². The number of hydrogen-bond acceptors (Lipinski definition) is 23. The van der Waals surface area contributed by atoms with Gasteiger partial charge in [-0.1, -0.05) is 31.7 Å². The third kappa shape index (κ3) is 17.5. The number of ether oxygens (including phenoxy) is 2. The van der Waals surface area contributed by atoms with Gasteiger partial charge >= 0.3 is 12.1 Å². The number of carbonyl (C=O) groups excluding carboxylic acids is 8. The Morgan fingerprint density at radius 3 is 2.09 bits per heavy atom. The van der Waals surface area contributed by atoms with Crippen LogP contribution in [0.15, 0.2) is 43.5 Å². The van der Waals surface area contributed by atoms with E-state index in [-0.39, 0.29) is 25.0 Å². The fourth-order valence-electron chi connectivity index (χ4n) is 8.85. The molecule has 438 valence electrons. The van der Waals surface area contributed by atoms with Gasteiger partial charge in [-0.2, -0.15) is 0 Å². The van der Waals surface area contributed by atoms with Gasteiger partial charge in [0.1, 0.15) is 36.8 Å². The molecule has 3 aliphatic rings. The van der Waals surface area contributed by atoms with Crippen LogP contribution in [0.4, 0.5) is 4.79 Å². The molecule has 31 heteroatoms. The molecule has 17 N–H and O–H groups in total. The van der Waals surface area contributed by atoms with Crippen molar-refractivity contribution in [3.63, 3.8) is 0 Å². The normalized spacial score (nSPS) is 27.4. The number of amides is 7. The number of aliphatic hydroxyl groups excluding tert-OH is 8. The van der Waals surface area contributed by atoms with E-state index in [1.165, 1.54) is 25.1 Å². The summed E-state index contributed by atoms with van der Waals surface area (Å²) < 4.78 is 44.6. The van der Waals surface area contributed by atoms with Crippen molar-refractivity contribution in [3.8, 4) is 11.5 Å². The van der Waals surface area contributed by atoms with Gasteiger partial charge in [-0.15, -0.1) is 6.58 Å². The average molecular weight is 1130 g/mol. The Morgan fingerprint density at radius 2 is 1.47 bits per heavy atom. The Labute approximate surface area is 449 Å². The molecule has 3 saturated heterocycles. The molecule has 30 nitrogen and oxygen atoms in total. The van der Waals surface area contributed by atoms with Crippen molar-refractivity contribution in [2.45, 2.75) is 131 Å². The van der Waals surface area contributed by atoms with E-state index in [1.54, 1.807) is 0 Å². The number of benzene rings is 1. The third-order valence-corrected chi connectivity index (χ3v) is 13.4. The van der Waals surface area contributed by atoms with Crippen molar-refractivity contribution in [1.82, 2.24) is 36.0 Å². The summed E-state index contributed by atoms with van der Waals surface area (Å²) in [4.78, 5) is 114. The molecular formula is C47H72N8O22S. The fraction of sp³-hybridized carbons (Fsp3) is 0.617. The van der Waals surface area contributed by atoms with Gasteiger partial charge in [-0.3, -0.25) is 47.2 Å². The van der Waals surface area contributed by atoms with Gasteiger partial charge in [0.05, 0.1) is 61.9 Å². The summed E-state index contributed by atoms with van der Waals surface area (Å²) in [6.07, 6.45) is -11.8. The molecule has 4 rings (SSSR count). The van der Waals surface area contributed by atoms with E-state index in [9.17, 15) is 92.9 Å². The SMILES string of the molecule is C=CCCC(=O)Oc1ccc(C[C@@H](O)[C@@H]2NC(=O)[C@@H]3C[C@@H](O)CN3C(=O)[C@H]([C@@H](C)O)NC(=O)[C@@H](N)C[C@@H](O)CNC(=O)[C@@H]3[C@@H](O)[C@@H](C)CN3C(=O)[C@H]([C@H](O)CCN(C(=O)OCC=C)C(CO)CO)NC2=O)cc1OS(O)(O)O. The Hall–Kier alpha value is -6.07. The number of nitrogens with one attached hydrogen (secondary N) is 4. The average Bonchev–Trinajstić information content (AvgIpc) is 3.94. The van der Waals surface area contributed by atoms with E-state index in [0.717, 1.165) is 33.8 Å². The maximum atomic E-state index is 14.9. The van der Waals surface area contributed by atoms with Crippen molar-refractivity contribution in [2.24, 2.45) is 11.7 Å². The lowest BCUT2D eigenvalue weighted by molar-refractivity contribution is -0.147. The monoisotopic (exact) mass is 1130 g/mol. The summed E-state index contributed by atoms with van der Waals surface area (Å²) >= 11 is -4.83. The second-order valence-electron chi connectivity index (χ2n) is 19.1. The number of β-amino-alcohol motifs (C(OH)–C–C–N with tert-alkyl or cyclic N) is 1. The maximum Gasteiger partial charge on any atom is 0.410 e. The highest BCUT2D eigenvalue weighted by atomic mass is 32.3. The lowest BCUT2D eigenvalue weighted by atomic mass is 9.98. The quantitative estimate of drug-likeness (QED) is 0.0350. The molecule has 0 spiro atoms. The predicted molar refractivity (Wildman–Crippen MR) is 270 cm³/mol. The number of esters is 1. The molecule has 0 aromatic heterocycles. The molecule has 0 unspecified atom stereocenters. The van der Waals surface area contributed by atoms with E-state index < -0.39 is 220 Å². The lowest BCUT2D eigenvalue weighted by Crippen LogP contribution is -2.64. The van der Waals surface area contributed by atoms with Crippen LogP contribution in [0.5, 0.6) is 11.5 Å². The number of nitrogens with two attached hydrogens (primary N) is 1. The molecule has 3 aliphatic heterocycles. The minimum Gasteiger partial charge on any atom is -0.445 e.